The summed E-state index contributed by atoms with van der Waals surface area (Å²) in [4.78, 5) is 13.5. The van der Waals surface area contributed by atoms with Gasteiger partial charge in [0.25, 0.3) is 5.69 Å². The number of rotatable bonds is 3. The monoisotopic (exact) mass is 319 g/mol. The molecule has 120 valence electrons. The summed E-state index contributed by atoms with van der Waals surface area (Å²) >= 11 is 0. The molecule has 3 aromatic rings. The minimum Gasteiger partial charge on any atom is -0.361 e. The molecular formula is C19H17N3O2. The van der Waals surface area contributed by atoms with Crippen LogP contribution in [-0.2, 0) is 0 Å². The second kappa shape index (κ2) is 7.75. The lowest BCUT2D eigenvalue weighted by Crippen LogP contribution is -1.88. The van der Waals surface area contributed by atoms with Gasteiger partial charge in [0.05, 0.1) is 16.6 Å². The molecule has 0 aliphatic carbocycles. The highest BCUT2D eigenvalue weighted by Crippen LogP contribution is 2.26. The van der Waals surface area contributed by atoms with Crippen molar-refractivity contribution in [2.45, 2.75) is 13.8 Å². The molecule has 0 spiro atoms. The van der Waals surface area contributed by atoms with E-state index in [2.05, 4.69) is 11.1 Å². The average Bonchev–Trinajstić information content (AvgIpc) is 3.05. The van der Waals surface area contributed by atoms with Crippen molar-refractivity contribution in [2.24, 2.45) is 0 Å². The SMILES string of the molecule is CC.N#C/C(=C\c1cccc([N+](=O)[O-])c1)c1c[nH]c2ccccc12. The highest BCUT2D eigenvalue weighted by Gasteiger charge is 2.09. The molecule has 5 nitrogen and oxygen atoms in total. The van der Waals surface area contributed by atoms with Crippen LogP contribution in [0.25, 0.3) is 22.6 Å². The molecule has 0 aliphatic rings. The molecular weight excluding hydrogens is 302 g/mol. The zero-order valence-electron chi connectivity index (χ0n) is 13.5. The Morgan fingerprint density at radius 2 is 1.96 bits per heavy atom. The van der Waals surface area contributed by atoms with E-state index < -0.39 is 4.92 Å². The number of non-ortho nitro benzene ring substituents is 1. The maximum atomic E-state index is 10.8. The fourth-order valence-electron chi connectivity index (χ4n) is 2.36. The Hall–Kier alpha value is -3.39. The maximum absolute atomic E-state index is 10.8. The molecule has 24 heavy (non-hydrogen) atoms. The Morgan fingerprint density at radius 1 is 1.21 bits per heavy atom. The quantitative estimate of drug-likeness (QED) is 0.411. The van der Waals surface area contributed by atoms with Gasteiger partial charge in [-0.3, -0.25) is 10.1 Å². The highest BCUT2D eigenvalue weighted by atomic mass is 16.6. The van der Waals surface area contributed by atoms with E-state index in [0.717, 1.165) is 16.5 Å². The van der Waals surface area contributed by atoms with Gasteiger partial charge in [0.15, 0.2) is 0 Å². The zero-order valence-corrected chi connectivity index (χ0v) is 13.5. The zero-order chi connectivity index (χ0) is 17.5. The molecule has 0 saturated carbocycles. The van der Waals surface area contributed by atoms with E-state index in [9.17, 15) is 15.4 Å². The van der Waals surface area contributed by atoms with Gasteiger partial charge >= 0.3 is 0 Å². The van der Waals surface area contributed by atoms with Gasteiger partial charge in [0, 0.05) is 34.8 Å². The van der Waals surface area contributed by atoms with Crippen molar-refractivity contribution in [1.29, 1.82) is 5.26 Å². The number of nitriles is 1. The number of benzene rings is 2. The number of para-hydroxylation sites is 1. The number of hydrogen-bond acceptors (Lipinski definition) is 3. The van der Waals surface area contributed by atoms with Crippen molar-refractivity contribution in [3.8, 4) is 6.07 Å². The summed E-state index contributed by atoms with van der Waals surface area (Å²) in [5.41, 5.74) is 2.81. The predicted molar refractivity (Wildman–Crippen MR) is 96.2 cm³/mol. The van der Waals surface area contributed by atoms with Crippen molar-refractivity contribution in [3.63, 3.8) is 0 Å². The molecule has 0 unspecified atom stereocenters. The Balaban J connectivity index is 0.00000100. The second-order valence-electron chi connectivity index (χ2n) is 4.77. The smallest absolute Gasteiger partial charge is 0.270 e. The van der Waals surface area contributed by atoms with Crippen LogP contribution in [0, 0.1) is 21.4 Å². The molecule has 0 atom stereocenters. The average molecular weight is 319 g/mol. The van der Waals surface area contributed by atoms with E-state index in [4.69, 9.17) is 0 Å². The van der Waals surface area contributed by atoms with Crippen LogP contribution in [-0.4, -0.2) is 9.91 Å². The number of fused-ring (bicyclic) bond motifs is 1. The number of nitro groups is 1. The summed E-state index contributed by atoms with van der Waals surface area (Å²) in [7, 11) is 0. The summed E-state index contributed by atoms with van der Waals surface area (Å²) in [5.74, 6) is 0. The number of nitro benzene ring substituents is 1. The first-order chi connectivity index (χ1) is 11.7. The van der Waals surface area contributed by atoms with E-state index in [1.165, 1.54) is 12.1 Å². The van der Waals surface area contributed by atoms with Crippen LogP contribution in [0.3, 0.4) is 0 Å². The number of nitrogens with zero attached hydrogens (tertiary/aromatic N) is 2. The Bertz CT molecular complexity index is 933. The molecule has 2 aromatic carbocycles. The third-order valence-corrected chi connectivity index (χ3v) is 3.39. The lowest BCUT2D eigenvalue weighted by Gasteiger charge is -1.99. The Labute approximate surface area is 140 Å². The third kappa shape index (κ3) is 3.50. The van der Waals surface area contributed by atoms with Gasteiger partial charge in [-0.25, -0.2) is 0 Å². The largest absolute Gasteiger partial charge is 0.361 e. The van der Waals surface area contributed by atoms with Gasteiger partial charge in [-0.05, 0) is 17.7 Å². The minimum atomic E-state index is -0.449. The molecule has 0 radical (unpaired) electrons. The van der Waals surface area contributed by atoms with E-state index in [1.54, 1.807) is 24.4 Å². The molecule has 3 rings (SSSR count). The van der Waals surface area contributed by atoms with Crippen LogP contribution in [0.2, 0.25) is 0 Å². The lowest BCUT2D eigenvalue weighted by atomic mass is 10.0. The fourth-order valence-corrected chi connectivity index (χ4v) is 2.36. The van der Waals surface area contributed by atoms with Crippen molar-refractivity contribution in [2.75, 3.05) is 0 Å². The number of aromatic amines is 1. The summed E-state index contributed by atoms with van der Waals surface area (Å²) in [6.45, 7) is 4.00. The van der Waals surface area contributed by atoms with Crippen molar-refractivity contribution in [1.82, 2.24) is 4.98 Å². The summed E-state index contributed by atoms with van der Waals surface area (Å²) in [6.07, 6.45) is 3.43. The first-order valence-corrected chi connectivity index (χ1v) is 7.62. The molecule has 0 aliphatic heterocycles. The van der Waals surface area contributed by atoms with Gasteiger partial charge in [0.2, 0.25) is 0 Å². The number of hydrogen-bond donors (Lipinski definition) is 1. The topological polar surface area (TPSA) is 82.7 Å². The van der Waals surface area contributed by atoms with E-state index in [-0.39, 0.29) is 5.69 Å². The summed E-state index contributed by atoms with van der Waals surface area (Å²) in [5, 5.41) is 21.2. The van der Waals surface area contributed by atoms with Crippen molar-refractivity contribution in [3.05, 3.63) is 76.0 Å². The van der Waals surface area contributed by atoms with Crippen LogP contribution in [0.15, 0.2) is 54.7 Å². The molecule has 0 fully saturated rings. The number of aromatic nitrogens is 1. The highest BCUT2D eigenvalue weighted by molar-refractivity contribution is 6.01. The normalized spacial score (nSPS) is 10.6. The van der Waals surface area contributed by atoms with Gasteiger partial charge < -0.3 is 4.98 Å². The van der Waals surface area contributed by atoms with Crippen molar-refractivity contribution >= 4 is 28.2 Å². The first kappa shape index (κ1) is 17.0. The number of allylic oxidation sites excluding steroid dienone is 1. The second-order valence-corrected chi connectivity index (χ2v) is 4.77. The van der Waals surface area contributed by atoms with Crippen molar-refractivity contribution < 1.29 is 4.92 Å². The Morgan fingerprint density at radius 3 is 2.67 bits per heavy atom. The molecule has 5 heteroatoms. The van der Waals surface area contributed by atoms with E-state index >= 15 is 0 Å². The Kier molecular flexibility index (Phi) is 5.48. The molecule has 1 heterocycles. The number of H-pyrrole nitrogens is 1. The molecule has 1 aromatic heterocycles. The third-order valence-electron chi connectivity index (χ3n) is 3.39. The lowest BCUT2D eigenvalue weighted by molar-refractivity contribution is -0.384. The molecule has 0 amide bonds. The van der Waals surface area contributed by atoms with E-state index in [0.29, 0.717) is 11.1 Å². The van der Waals surface area contributed by atoms with Gasteiger partial charge in [-0.15, -0.1) is 0 Å². The minimum absolute atomic E-state index is 0.00460. The molecule has 0 bridgehead atoms. The van der Waals surface area contributed by atoms with E-state index in [1.807, 2.05) is 38.1 Å². The van der Waals surface area contributed by atoms with Crippen LogP contribution < -0.4 is 0 Å². The number of nitrogens with one attached hydrogen (secondary N) is 1. The van der Waals surface area contributed by atoms with Crippen LogP contribution >= 0.6 is 0 Å². The fraction of sp³-hybridized carbons (Fsp3) is 0.105. The maximum Gasteiger partial charge on any atom is 0.270 e. The standard InChI is InChI=1S/C17H11N3O2.C2H6/c18-10-13(8-12-4-3-5-14(9-12)20(21)22)16-11-19-17-7-2-1-6-15(16)17;1-2/h1-9,11,19H;1-2H3/b13-8+;. The molecule has 1 N–H and O–H groups in total. The van der Waals surface area contributed by atoms with Gasteiger partial charge in [0.1, 0.15) is 0 Å². The van der Waals surface area contributed by atoms with Gasteiger partial charge in [-0.1, -0.05) is 44.2 Å². The predicted octanol–water partition coefficient (Wildman–Crippen LogP) is 5.17. The molecule has 0 saturated heterocycles. The summed E-state index contributed by atoms with van der Waals surface area (Å²) < 4.78 is 0. The van der Waals surface area contributed by atoms with Gasteiger partial charge in [-0.2, -0.15) is 5.26 Å². The van der Waals surface area contributed by atoms with Crippen LogP contribution in [0.5, 0.6) is 0 Å². The van der Waals surface area contributed by atoms with Crippen LogP contribution in [0.1, 0.15) is 25.0 Å². The van der Waals surface area contributed by atoms with Crippen LogP contribution in [0.4, 0.5) is 5.69 Å². The summed E-state index contributed by atoms with van der Waals surface area (Å²) in [6, 6.07) is 16.1. The first-order valence-electron chi connectivity index (χ1n) is 7.62.